The molecule has 29 heavy (non-hydrogen) atoms. The topological polar surface area (TPSA) is 96.4 Å². The quantitative estimate of drug-likeness (QED) is 0.705. The third-order valence-electron chi connectivity index (χ3n) is 4.69. The summed E-state index contributed by atoms with van der Waals surface area (Å²) in [5.74, 6) is 1.93. The van der Waals surface area contributed by atoms with E-state index < -0.39 is 0 Å². The van der Waals surface area contributed by atoms with Gasteiger partial charge in [-0.25, -0.2) is 4.98 Å². The number of carbonyl (C=O) groups is 1. The zero-order valence-corrected chi connectivity index (χ0v) is 16.0. The minimum atomic E-state index is -0.0252. The molecule has 1 N–H and O–H groups in total. The van der Waals surface area contributed by atoms with Crippen molar-refractivity contribution in [3.8, 4) is 5.88 Å². The molecule has 1 aliphatic heterocycles. The highest BCUT2D eigenvalue weighted by molar-refractivity contribution is 5.94. The molecule has 9 nitrogen and oxygen atoms in total. The summed E-state index contributed by atoms with van der Waals surface area (Å²) in [4.78, 5) is 24.7. The number of hydrogen-bond donors (Lipinski definition) is 1. The number of ether oxygens (including phenoxy) is 1. The van der Waals surface area contributed by atoms with Crippen LogP contribution in [0.5, 0.6) is 5.88 Å². The van der Waals surface area contributed by atoms with Crippen molar-refractivity contribution in [2.75, 3.05) is 43.5 Å². The van der Waals surface area contributed by atoms with Gasteiger partial charge in [0, 0.05) is 56.5 Å². The Hall–Kier alpha value is -3.75. The fourth-order valence-corrected chi connectivity index (χ4v) is 3.09. The van der Waals surface area contributed by atoms with Gasteiger partial charge in [-0.15, -0.1) is 10.2 Å². The van der Waals surface area contributed by atoms with Gasteiger partial charge < -0.3 is 19.9 Å². The smallest absolute Gasteiger partial charge is 0.255 e. The van der Waals surface area contributed by atoms with Crippen LogP contribution in [0.2, 0.25) is 0 Å². The highest BCUT2D eigenvalue weighted by Crippen LogP contribution is 2.18. The molecular formula is C20H21N7O2. The van der Waals surface area contributed by atoms with E-state index in [0.29, 0.717) is 43.4 Å². The predicted octanol–water partition coefficient (Wildman–Crippen LogP) is 1.98. The van der Waals surface area contributed by atoms with E-state index in [0.717, 1.165) is 11.5 Å². The molecule has 3 aromatic rings. The Labute approximate surface area is 168 Å². The van der Waals surface area contributed by atoms with E-state index in [1.165, 1.54) is 0 Å². The zero-order chi connectivity index (χ0) is 20.1. The van der Waals surface area contributed by atoms with Crippen LogP contribution < -0.4 is 15.0 Å². The second-order valence-electron chi connectivity index (χ2n) is 6.51. The number of methoxy groups -OCH3 is 1. The van der Waals surface area contributed by atoms with E-state index in [-0.39, 0.29) is 5.91 Å². The maximum Gasteiger partial charge on any atom is 0.255 e. The van der Waals surface area contributed by atoms with Gasteiger partial charge in [0.05, 0.1) is 12.7 Å². The monoisotopic (exact) mass is 391 g/mol. The van der Waals surface area contributed by atoms with Gasteiger partial charge in [0.25, 0.3) is 5.91 Å². The second kappa shape index (κ2) is 8.51. The molecule has 0 radical (unpaired) electrons. The van der Waals surface area contributed by atoms with E-state index in [1.54, 1.807) is 37.8 Å². The fraction of sp³-hybridized carbons (Fsp3) is 0.250. The number of rotatable bonds is 5. The summed E-state index contributed by atoms with van der Waals surface area (Å²) in [6, 6.07) is 11.0. The Balaban J connectivity index is 1.33. The highest BCUT2D eigenvalue weighted by Gasteiger charge is 2.23. The number of anilines is 3. The first-order valence-electron chi connectivity index (χ1n) is 9.28. The Morgan fingerprint density at radius 3 is 2.41 bits per heavy atom. The number of piperazine rings is 1. The summed E-state index contributed by atoms with van der Waals surface area (Å²) in [6.45, 7) is 2.62. The van der Waals surface area contributed by atoms with Gasteiger partial charge in [-0.3, -0.25) is 9.78 Å². The summed E-state index contributed by atoms with van der Waals surface area (Å²) >= 11 is 0. The molecule has 1 saturated heterocycles. The molecule has 1 fully saturated rings. The van der Waals surface area contributed by atoms with Gasteiger partial charge in [-0.05, 0) is 30.3 Å². The van der Waals surface area contributed by atoms with E-state index in [4.69, 9.17) is 4.74 Å². The molecule has 0 atom stereocenters. The lowest BCUT2D eigenvalue weighted by atomic mass is 10.2. The molecular weight excluding hydrogens is 370 g/mol. The normalized spacial score (nSPS) is 13.8. The molecule has 4 rings (SSSR count). The summed E-state index contributed by atoms with van der Waals surface area (Å²) in [5, 5.41) is 11.7. The molecule has 9 heteroatoms. The summed E-state index contributed by atoms with van der Waals surface area (Å²) in [5.41, 5.74) is 1.47. The Bertz CT molecular complexity index is 941. The SMILES string of the molecule is COc1ccc(C(=O)N2CCN(c3ccc(Nc4ccncc4)nn3)CC2)cn1. The number of amides is 1. The van der Waals surface area contributed by atoms with Gasteiger partial charge in [0.2, 0.25) is 5.88 Å². The molecule has 0 aliphatic carbocycles. The van der Waals surface area contributed by atoms with Crippen LogP contribution in [0.3, 0.4) is 0 Å². The van der Waals surface area contributed by atoms with E-state index in [9.17, 15) is 4.79 Å². The van der Waals surface area contributed by atoms with Crippen LogP contribution in [-0.4, -0.2) is 64.3 Å². The summed E-state index contributed by atoms with van der Waals surface area (Å²) in [7, 11) is 1.55. The predicted molar refractivity (Wildman–Crippen MR) is 108 cm³/mol. The molecule has 148 valence electrons. The first-order chi connectivity index (χ1) is 14.2. The largest absolute Gasteiger partial charge is 0.481 e. The summed E-state index contributed by atoms with van der Waals surface area (Å²) in [6.07, 6.45) is 4.98. The zero-order valence-electron chi connectivity index (χ0n) is 16.0. The van der Waals surface area contributed by atoms with Crippen molar-refractivity contribution in [1.29, 1.82) is 0 Å². The molecule has 0 spiro atoms. The fourth-order valence-electron chi connectivity index (χ4n) is 3.09. The van der Waals surface area contributed by atoms with E-state index >= 15 is 0 Å². The number of pyridine rings is 2. The maximum absolute atomic E-state index is 12.6. The summed E-state index contributed by atoms with van der Waals surface area (Å²) < 4.78 is 5.04. The van der Waals surface area contributed by atoms with Crippen LogP contribution >= 0.6 is 0 Å². The molecule has 3 aromatic heterocycles. The van der Waals surface area contributed by atoms with Crippen molar-refractivity contribution in [2.24, 2.45) is 0 Å². The van der Waals surface area contributed by atoms with Crippen LogP contribution in [0, 0.1) is 0 Å². The molecule has 0 unspecified atom stereocenters. The molecule has 1 amide bonds. The van der Waals surface area contributed by atoms with Crippen LogP contribution in [0.4, 0.5) is 17.3 Å². The lowest BCUT2D eigenvalue weighted by Crippen LogP contribution is -2.49. The molecule has 4 heterocycles. The van der Waals surface area contributed by atoms with Crippen LogP contribution in [0.25, 0.3) is 0 Å². The maximum atomic E-state index is 12.6. The molecule has 0 aromatic carbocycles. The first kappa shape index (κ1) is 18.6. The van der Waals surface area contributed by atoms with Crippen molar-refractivity contribution in [1.82, 2.24) is 25.1 Å². The van der Waals surface area contributed by atoms with Gasteiger partial charge in [-0.1, -0.05) is 0 Å². The van der Waals surface area contributed by atoms with E-state index in [2.05, 4.69) is 30.4 Å². The van der Waals surface area contributed by atoms with Crippen LogP contribution in [0.1, 0.15) is 10.4 Å². The van der Waals surface area contributed by atoms with Crippen LogP contribution in [0.15, 0.2) is 55.0 Å². The number of carbonyl (C=O) groups excluding carboxylic acids is 1. The van der Waals surface area contributed by atoms with Crippen molar-refractivity contribution in [3.63, 3.8) is 0 Å². The Morgan fingerprint density at radius 2 is 1.79 bits per heavy atom. The molecule has 1 aliphatic rings. The molecule has 0 bridgehead atoms. The number of aromatic nitrogens is 4. The average Bonchev–Trinajstić information content (AvgIpc) is 2.80. The lowest BCUT2D eigenvalue weighted by Gasteiger charge is -2.35. The molecule has 0 saturated carbocycles. The number of nitrogens with zero attached hydrogens (tertiary/aromatic N) is 6. The third-order valence-corrected chi connectivity index (χ3v) is 4.69. The lowest BCUT2D eigenvalue weighted by molar-refractivity contribution is 0.0746. The number of hydrogen-bond acceptors (Lipinski definition) is 8. The van der Waals surface area contributed by atoms with Gasteiger partial charge in [0.1, 0.15) is 0 Å². The second-order valence-corrected chi connectivity index (χ2v) is 6.51. The average molecular weight is 391 g/mol. The van der Waals surface area contributed by atoms with Gasteiger partial charge in [0.15, 0.2) is 11.6 Å². The Morgan fingerprint density at radius 1 is 1.00 bits per heavy atom. The number of nitrogens with one attached hydrogen (secondary N) is 1. The Kier molecular flexibility index (Phi) is 5.46. The van der Waals surface area contributed by atoms with Crippen molar-refractivity contribution < 1.29 is 9.53 Å². The third kappa shape index (κ3) is 4.40. The van der Waals surface area contributed by atoms with Crippen molar-refractivity contribution in [3.05, 3.63) is 60.6 Å². The minimum absolute atomic E-state index is 0.0252. The van der Waals surface area contributed by atoms with Gasteiger partial charge >= 0.3 is 0 Å². The van der Waals surface area contributed by atoms with Crippen molar-refractivity contribution >= 4 is 23.2 Å². The standard InChI is InChI=1S/C20H21N7O2/c1-29-19-5-2-15(14-22-19)20(28)27-12-10-26(11-13-27)18-4-3-17(24-25-18)23-16-6-8-21-9-7-16/h2-9,14H,10-13H2,1H3,(H,21,23,24). The van der Waals surface area contributed by atoms with E-state index in [1.807, 2.05) is 29.2 Å². The van der Waals surface area contributed by atoms with Crippen molar-refractivity contribution in [2.45, 2.75) is 0 Å². The first-order valence-corrected chi connectivity index (χ1v) is 9.28. The minimum Gasteiger partial charge on any atom is -0.481 e. The van der Waals surface area contributed by atoms with Gasteiger partial charge in [-0.2, -0.15) is 0 Å². The highest BCUT2D eigenvalue weighted by atomic mass is 16.5. The van der Waals surface area contributed by atoms with Crippen LogP contribution in [-0.2, 0) is 0 Å².